The van der Waals surface area contributed by atoms with Gasteiger partial charge >= 0.3 is 17.8 Å². The van der Waals surface area contributed by atoms with Crippen molar-refractivity contribution in [3.8, 4) is 0 Å². The van der Waals surface area contributed by atoms with Gasteiger partial charge in [-0.05, 0) is 19.6 Å². The summed E-state index contributed by atoms with van der Waals surface area (Å²) in [6.07, 6.45) is 0. The molecule has 1 atom stereocenters. The third-order valence-corrected chi connectivity index (χ3v) is 6.52. The first-order valence-electron chi connectivity index (χ1n) is 3.27. The summed E-state index contributed by atoms with van der Waals surface area (Å²) in [5.41, 5.74) is 0. The zero-order valence-electron chi connectivity index (χ0n) is 7.30. The van der Waals surface area contributed by atoms with E-state index in [1.165, 1.54) is 0 Å². The van der Waals surface area contributed by atoms with Crippen molar-refractivity contribution in [3.05, 3.63) is 0 Å². The lowest BCUT2D eigenvalue weighted by Gasteiger charge is -2.23. The zero-order chi connectivity index (χ0) is 8.20. The normalized spacial score (nSPS) is 15.3. The molecule has 0 fully saturated rings. The Kier molecular flexibility index (Phi) is 4.38. The lowest BCUT2D eigenvalue weighted by molar-refractivity contribution is 0.268. The van der Waals surface area contributed by atoms with Crippen molar-refractivity contribution in [1.29, 1.82) is 0 Å². The SMILES string of the molecule is CO[SiH](C)O[Si](C)(C)OC. The van der Waals surface area contributed by atoms with Gasteiger partial charge in [-0.1, -0.05) is 0 Å². The third kappa shape index (κ3) is 4.18. The summed E-state index contributed by atoms with van der Waals surface area (Å²) in [7, 11) is 0.149. The predicted octanol–water partition coefficient (Wildman–Crippen LogP) is 0.848. The van der Waals surface area contributed by atoms with E-state index in [4.69, 9.17) is 13.0 Å². The van der Waals surface area contributed by atoms with E-state index in [0.29, 0.717) is 0 Å². The van der Waals surface area contributed by atoms with Crippen LogP contribution in [0.15, 0.2) is 0 Å². The topological polar surface area (TPSA) is 27.7 Å². The van der Waals surface area contributed by atoms with Crippen molar-refractivity contribution in [3.63, 3.8) is 0 Å². The van der Waals surface area contributed by atoms with Crippen molar-refractivity contribution in [2.75, 3.05) is 14.2 Å². The molecule has 0 aromatic rings. The van der Waals surface area contributed by atoms with E-state index in [2.05, 4.69) is 0 Å². The van der Waals surface area contributed by atoms with Gasteiger partial charge in [0.1, 0.15) is 0 Å². The van der Waals surface area contributed by atoms with Gasteiger partial charge in [0.15, 0.2) is 0 Å². The molecule has 0 bridgehead atoms. The lowest BCUT2D eigenvalue weighted by Crippen LogP contribution is -2.39. The van der Waals surface area contributed by atoms with Gasteiger partial charge in [-0.3, -0.25) is 0 Å². The smallest absolute Gasteiger partial charge is 0.322 e. The van der Waals surface area contributed by atoms with E-state index >= 15 is 0 Å². The van der Waals surface area contributed by atoms with Crippen molar-refractivity contribution in [2.45, 2.75) is 19.6 Å². The minimum absolute atomic E-state index is 1.39. The Balaban J connectivity index is 3.64. The quantitative estimate of drug-likeness (QED) is 0.600. The van der Waals surface area contributed by atoms with Crippen molar-refractivity contribution in [1.82, 2.24) is 0 Å². The summed E-state index contributed by atoms with van der Waals surface area (Å²) in [5.74, 6) is 0. The molecule has 0 saturated heterocycles. The Morgan fingerprint density at radius 1 is 1.20 bits per heavy atom. The molecule has 0 aromatic heterocycles. The van der Waals surface area contributed by atoms with E-state index in [9.17, 15) is 0 Å². The molecule has 62 valence electrons. The molecular weight excluding hydrogens is 164 g/mol. The van der Waals surface area contributed by atoms with E-state index in [-0.39, 0.29) is 0 Å². The minimum atomic E-state index is -1.82. The fourth-order valence-corrected chi connectivity index (χ4v) is 4.46. The van der Waals surface area contributed by atoms with Crippen LogP contribution in [0.4, 0.5) is 0 Å². The predicted molar refractivity (Wildman–Crippen MR) is 45.6 cm³/mol. The molecule has 0 N–H and O–H groups in total. The summed E-state index contributed by atoms with van der Waals surface area (Å²) in [6, 6.07) is 0. The van der Waals surface area contributed by atoms with E-state index in [1.807, 2.05) is 19.6 Å². The molecular formula is C5H16O3Si2. The van der Waals surface area contributed by atoms with Crippen LogP contribution in [0.3, 0.4) is 0 Å². The maximum atomic E-state index is 5.57. The van der Waals surface area contributed by atoms with E-state index < -0.39 is 17.8 Å². The van der Waals surface area contributed by atoms with Gasteiger partial charge in [-0.2, -0.15) is 0 Å². The first-order valence-corrected chi connectivity index (χ1v) is 8.19. The summed E-state index contributed by atoms with van der Waals surface area (Å²) in [5, 5.41) is 0. The highest BCUT2D eigenvalue weighted by atomic mass is 28.4. The van der Waals surface area contributed by atoms with Crippen LogP contribution in [-0.2, 0) is 13.0 Å². The molecule has 0 aromatic carbocycles. The lowest BCUT2D eigenvalue weighted by atomic mass is 11.8. The van der Waals surface area contributed by atoms with Crippen LogP contribution < -0.4 is 0 Å². The molecule has 0 radical (unpaired) electrons. The van der Waals surface area contributed by atoms with Crippen LogP contribution in [0.25, 0.3) is 0 Å². The number of hydrogen-bond donors (Lipinski definition) is 0. The summed E-state index contributed by atoms with van der Waals surface area (Å²) in [6.45, 7) is 6.01. The van der Waals surface area contributed by atoms with Crippen LogP contribution >= 0.6 is 0 Å². The molecule has 0 saturated carbocycles. The Morgan fingerprint density at radius 3 is 2.00 bits per heavy atom. The molecule has 0 aliphatic rings. The fourth-order valence-electron chi connectivity index (χ4n) is 0.496. The molecule has 1 unspecified atom stereocenters. The largest absolute Gasteiger partial charge is 0.417 e. The van der Waals surface area contributed by atoms with Gasteiger partial charge in [0.05, 0.1) is 0 Å². The number of hydrogen-bond acceptors (Lipinski definition) is 3. The minimum Gasteiger partial charge on any atom is -0.417 e. The highest BCUT2D eigenvalue weighted by molar-refractivity contribution is 6.71. The van der Waals surface area contributed by atoms with E-state index in [0.717, 1.165) is 0 Å². The molecule has 5 heteroatoms. The van der Waals surface area contributed by atoms with Gasteiger partial charge < -0.3 is 13.0 Å². The fraction of sp³-hybridized carbons (Fsp3) is 1.00. The maximum Gasteiger partial charge on any atom is 0.322 e. The Hall–Kier alpha value is 0.314. The monoisotopic (exact) mass is 180 g/mol. The highest BCUT2D eigenvalue weighted by Crippen LogP contribution is 2.06. The second-order valence-corrected chi connectivity index (χ2v) is 8.28. The summed E-state index contributed by atoms with van der Waals surface area (Å²) < 4.78 is 15.8. The van der Waals surface area contributed by atoms with Crippen molar-refractivity contribution in [2.24, 2.45) is 0 Å². The molecule has 10 heavy (non-hydrogen) atoms. The maximum absolute atomic E-state index is 5.57. The molecule has 0 amide bonds. The Labute approximate surface area is 65.4 Å². The first kappa shape index (κ1) is 10.3. The van der Waals surface area contributed by atoms with Crippen LogP contribution in [-0.4, -0.2) is 32.1 Å². The molecule has 0 rings (SSSR count). The molecule has 0 spiro atoms. The standard InChI is InChI=1S/C5H16O3Si2/c1-6-9(3)8-10(4,5)7-2/h9H,1-5H3. The second-order valence-electron chi connectivity index (χ2n) is 2.53. The molecule has 0 aliphatic heterocycles. The first-order chi connectivity index (χ1) is 4.52. The second kappa shape index (κ2) is 4.25. The Morgan fingerprint density at radius 2 is 1.70 bits per heavy atom. The van der Waals surface area contributed by atoms with Crippen LogP contribution in [0.5, 0.6) is 0 Å². The van der Waals surface area contributed by atoms with Crippen LogP contribution in [0.1, 0.15) is 0 Å². The molecule has 0 heterocycles. The van der Waals surface area contributed by atoms with Gasteiger partial charge in [0.2, 0.25) is 0 Å². The van der Waals surface area contributed by atoms with E-state index in [1.54, 1.807) is 14.2 Å². The summed E-state index contributed by atoms with van der Waals surface area (Å²) >= 11 is 0. The van der Waals surface area contributed by atoms with Gasteiger partial charge in [-0.25, -0.2) is 0 Å². The third-order valence-electron chi connectivity index (χ3n) is 1.27. The van der Waals surface area contributed by atoms with Crippen LogP contribution in [0.2, 0.25) is 19.6 Å². The van der Waals surface area contributed by atoms with Crippen molar-refractivity contribution < 1.29 is 13.0 Å². The number of rotatable bonds is 4. The summed E-state index contributed by atoms with van der Waals surface area (Å²) in [4.78, 5) is 0. The van der Waals surface area contributed by atoms with Gasteiger partial charge in [0.25, 0.3) is 0 Å². The average molecular weight is 180 g/mol. The van der Waals surface area contributed by atoms with Crippen LogP contribution in [0, 0.1) is 0 Å². The highest BCUT2D eigenvalue weighted by Gasteiger charge is 2.25. The van der Waals surface area contributed by atoms with Gasteiger partial charge in [-0.15, -0.1) is 0 Å². The average Bonchev–Trinajstić information content (AvgIpc) is 1.87. The Bertz CT molecular complexity index is 96.9. The van der Waals surface area contributed by atoms with Crippen molar-refractivity contribution >= 4 is 17.8 Å². The van der Waals surface area contributed by atoms with Gasteiger partial charge in [0, 0.05) is 14.2 Å². The molecule has 3 nitrogen and oxygen atoms in total. The zero-order valence-corrected chi connectivity index (χ0v) is 9.46. The molecule has 0 aliphatic carbocycles.